The molecule has 0 saturated carbocycles. The maximum atomic E-state index is 12.7. The van der Waals surface area contributed by atoms with Crippen LogP contribution >= 0.6 is 0 Å². The maximum absolute atomic E-state index is 12.7. The smallest absolute Gasteiger partial charge is 0.411 e. The molecule has 0 aliphatic heterocycles. The summed E-state index contributed by atoms with van der Waals surface area (Å²) in [6.45, 7) is 9.82. The van der Waals surface area contributed by atoms with Crippen LogP contribution < -0.4 is 31.9 Å². The summed E-state index contributed by atoms with van der Waals surface area (Å²) in [5.41, 5.74) is 5.26. The first-order chi connectivity index (χ1) is 23.2. The van der Waals surface area contributed by atoms with Crippen LogP contribution in [0.15, 0.2) is 60.7 Å². The number of aryl methyl sites for hydroxylation is 2. The molecule has 0 aliphatic rings. The van der Waals surface area contributed by atoms with Crippen LogP contribution in [0.4, 0.5) is 41.9 Å². The van der Waals surface area contributed by atoms with E-state index in [0.717, 1.165) is 22.3 Å². The zero-order chi connectivity index (χ0) is 34.7. The van der Waals surface area contributed by atoms with E-state index in [4.69, 9.17) is 18.9 Å². The van der Waals surface area contributed by atoms with Gasteiger partial charge in [0.15, 0.2) is 0 Å². The molecule has 0 radical (unpaired) electrons. The quantitative estimate of drug-likeness (QED) is 0.0993. The fraction of sp³-hybridized carbons (Fsp3) is 0.353. The third kappa shape index (κ3) is 13.6. The van der Waals surface area contributed by atoms with E-state index >= 15 is 0 Å². The molecule has 48 heavy (non-hydrogen) atoms. The minimum atomic E-state index is -0.619. The lowest BCUT2D eigenvalue weighted by molar-refractivity contribution is 0.0849. The molecule has 0 aliphatic carbocycles. The Hall–Kier alpha value is -5.34. The van der Waals surface area contributed by atoms with Crippen molar-refractivity contribution in [3.05, 3.63) is 82.9 Å². The largest absolute Gasteiger partial charge is 0.447 e. The van der Waals surface area contributed by atoms with Gasteiger partial charge in [0.25, 0.3) is 0 Å². The van der Waals surface area contributed by atoms with Crippen LogP contribution in [0.5, 0.6) is 0 Å². The summed E-state index contributed by atoms with van der Waals surface area (Å²) in [6, 6.07) is 16.8. The van der Waals surface area contributed by atoms with Gasteiger partial charge < -0.3 is 40.2 Å². The number of carbonyl (C=O) groups is 4. The van der Waals surface area contributed by atoms with Gasteiger partial charge in [0, 0.05) is 49.1 Å². The fourth-order valence-electron chi connectivity index (χ4n) is 4.20. The van der Waals surface area contributed by atoms with Crippen molar-refractivity contribution in [2.75, 3.05) is 60.9 Å². The van der Waals surface area contributed by atoms with E-state index in [0.29, 0.717) is 49.2 Å². The predicted molar refractivity (Wildman–Crippen MR) is 183 cm³/mol. The summed E-state index contributed by atoms with van der Waals surface area (Å²) in [7, 11) is 0. The average molecular weight is 665 g/mol. The maximum Gasteiger partial charge on any atom is 0.411 e. The number of carbonyl (C=O) groups excluding carboxylic acids is 4. The highest BCUT2D eigenvalue weighted by molar-refractivity contribution is 5.93. The Bertz CT molecular complexity index is 1420. The Morgan fingerprint density at radius 2 is 1.00 bits per heavy atom. The van der Waals surface area contributed by atoms with Crippen LogP contribution in [0.2, 0.25) is 0 Å². The summed E-state index contributed by atoms with van der Waals surface area (Å²) >= 11 is 0. The van der Waals surface area contributed by atoms with Crippen molar-refractivity contribution >= 4 is 47.0 Å². The number of hydrogen-bond donors (Lipinski definition) is 6. The van der Waals surface area contributed by atoms with Crippen LogP contribution in [0.3, 0.4) is 0 Å². The SMILES string of the molecule is CCOCCOC(=O)Nc1ccc(C)c(NC(=O)NCc2cccc(CNC(=O)Nc3cc(NC(=O)OCCOCC)ccc3C)c2)c1. The molecule has 3 aromatic carbocycles. The molecule has 14 heteroatoms. The molecule has 6 amide bonds. The van der Waals surface area contributed by atoms with Gasteiger partial charge in [-0.15, -0.1) is 0 Å². The van der Waals surface area contributed by atoms with Gasteiger partial charge in [-0.1, -0.05) is 36.4 Å². The monoisotopic (exact) mass is 664 g/mol. The van der Waals surface area contributed by atoms with Crippen LogP contribution in [0.1, 0.15) is 36.1 Å². The Balaban J connectivity index is 1.46. The van der Waals surface area contributed by atoms with Crippen molar-refractivity contribution < 1.29 is 38.1 Å². The fourth-order valence-corrected chi connectivity index (χ4v) is 4.20. The summed E-state index contributed by atoms with van der Waals surface area (Å²) in [6.07, 6.45) is -1.24. The molecule has 14 nitrogen and oxygen atoms in total. The van der Waals surface area contributed by atoms with Gasteiger partial charge in [0.2, 0.25) is 0 Å². The number of ether oxygens (including phenoxy) is 4. The molecule has 3 rings (SSSR count). The van der Waals surface area contributed by atoms with E-state index in [1.54, 1.807) is 36.4 Å². The molecule has 0 saturated heterocycles. The van der Waals surface area contributed by atoms with Gasteiger partial charge in [-0.05, 0) is 74.2 Å². The zero-order valence-electron chi connectivity index (χ0n) is 27.7. The molecule has 0 spiro atoms. The van der Waals surface area contributed by atoms with Crippen molar-refractivity contribution in [1.29, 1.82) is 0 Å². The first kappa shape index (κ1) is 37.1. The van der Waals surface area contributed by atoms with E-state index in [2.05, 4.69) is 31.9 Å². The van der Waals surface area contributed by atoms with Crippen LogP contribution in [-0.2, 0) is 32.0 Å². The van der Waals surface area contributed by atoms with Gasteiger partial charge >= 0.3 is 24.2 Å². The van der Waals surface area contributed by atoms with Gasteiger partial charge in [0.1, 0.15) is 13.2 Å². The predicted octanol–water partition coefficient (Wildman–Crippen LogP) is 6.12. The molecule has 258 valence electrons. The van der Waals surface area contributed by atoms with Gasteiger partial charge in [-0.2, -0.15) is 0 Å². The Labute approximate surface area is 280 Å². The topological polar surface area (TPSA) is 177 Å². The number of amides is 6. The minimum Gasteiger partial charge on any atom is -0.447 e. The summed E-state index contributed by atoms with van der Waals surface area (Å²) in [5, 5.41) is 16.5. The lowest BCUT2D eigenvalue weighted by Gasteiger charge is -2.14. The van der Waals surface area contributed by atoms with E-state index in [-0.39, 0.29) is 26.3 Å². The molecule has 0 unspecified atom stereocenters. The van der Waals surface area contributed by atoms with Crippen LogP contribution in [-0.4, -0.2) is 63.9 Å². The van der Waals surface area contributed by atoms with E-state index in [1.165, 1.54) is 0 Å². The molecular formula is C34H44N6O8. The first-order valence-electron chi connectivity index (χ1n) is 15.6. The molecule has 0 atom stereocenters. The zero-order valence-corrected chi connectivity index (χ0v) is 27.7. The number of rotatable bonds is 16. The van der Waals surface area contributed by atoms with Gasteiger partial charge in [0.05, 0.1) is 13.2 Å². The minimum absolute atomic E-state index is 0.132. The number of benzene rings is 3. The van der Waals surface area contributed by atoms with Crippen molar-refractivity contribution in [1.82, 2.24) is 10.6 Å². The van der Waals surface area contributed by atoms with E-state index in [1.807, 2.05) is 52.0 Å². The van der Waals surface area contributed by atoms with Gasteiger partial charge in [-0.3, -0.25) is 10.6 Å². The van der Waals surface area contributed by atoms with E-state index in [9.17, 15) is 19.2 Å². The standard InChI is InChI=1S/C34H44N6O8/c1-5-45-14-16-47-33(43)37-27-12-10-23(3)29(19-27)39-31(41)35-21-25-8-7-9-26(18-25)22-36-32(42)40-30-20-28(13-11-24(30)4)38-34(44)48-17-15-46-6-2/h7-13,18-20H,5-6,14-17,21-22H2,1-4H3,(H,37,43)(H,38,44)(H2,35,39,41)(H2,36,40,42). The normalized spacial score (nSPS) is 10.4. The third-order valence-corrected chi connectivity index (χ3v) is 6.69. The Kier molecular flexibility index (Phi) is 15.5. The molecular weight excluding hydrogens is 620 g/mol. The first-order valence-corrected chi connectivity index (χ1v) is 15.6. The van der Waals surface area contributed by atoms with Crippen LogP contribution in [0, 0.1) is 13.8 Å². The number of anilines is 4. The number of urea groups is 2. The number of hydrogen-bond acceptors (Lipinski definition) is 8. The second-order valence-electron chi connectivity index (χ2n) is 10.4. The van der Waals surface area contributed by atoms with Crippen molar-refractivity contribution in [2.45, 2.75) is 40.8 Å². The molecule has 0 bridgehead atoms. The summed E-state index contributed by atoms with van der Waals surface area (Å²) in [5.74, 6) is 0. The second-order valence-corrected chi connectivity index (χ2v) is 10.4. The molecule has 0 heterocycles. The lowest BCUT2D eigenvalue weighted by Crippen LogP contribution is -2.29. The van der Waals surface area contributed by atoms with Crippen LogP contribution in [0.25, 0.3) is 0 Å². The van der Waals surface area contributed by atoms with Crippen molar-refractivity contribution in [3.8, 4) is 0 Å². The van der Waals surface area contributed by atoms with Gasteiger partial charge in [-0.25, -0.2) is 19.2 Å². The number of nitrogens with one attached hydrogen (secondary N) is 6. The van der Waals surface area contributed by atoms with Crippen molar-refractivity contribution in [3.63, 3.8) is 0 Å². The molecule has 3 aromatic rings. The summed E-state index contributed by atoms with van der Waals surface area (Å²) < 4.78 is 20.4. The van der Waals surface area contributed by atoms with Crippen molar-refractivity contribution in [2.24, 2.45) is 0 Å². The molecule has 6 N–H and O–H groups in total. The average Bonchev–Trinajstić information content (AvgIpc) is 3.06. The highest BCUT2D eigenvalue weighted by atomic mass is 16.6. The summed E-state index contributed by atoms with van der Waals surface area (Å²) in [4.78, 5) is 49.4. The highest BCUT2D eigenvalue weighted by Crippen LogP contribution is 2.22. The lowest BCUT2D eigenvalue weighted by atomic mass is 10.1. The Morgan fingerprint density at radius 3 is 1.42 bits per heavy atom. The van der Waals surface area contributed by atoms with E-state index < -0.39 is 24.2 Å². The second kappa shape index (κ2) is 20.0. The molecule has 0 fully saturated rings. The Morgan fingerprint density at radius 1 is 0.562 bits per heavy atom. The molecule has 0 aromatic heterocycles. The third-order valence-electron chi connectivity index (χ3n) is 6.69. The highest BCUT2D eigenvalue weighted by Gasteiger charge is 2.11.